The standard InChI is InChI=1S/C16H19NO/c1-11(2)18-16-7-5-4-6-15(16)13-8-12(3)9-14(17)10-13/h4-11H,17H2,1-3H3. The van der Waals surface area contributed by atoms with Crippen LogP contribution in [0.5, 0.6) is 5.75 Å². The summed E-state index contributed by atoms with van der Waals surface area (Å²) in [5.41, 5.74) is 10.0. The van der Waals surface area contributed by atoms with Crippen molar-refractivity contribution in [2.24, 2.45) is 0 Å². The van der Waals surface area contributed by atoms with Gasteiger partial charge in [0.15, 0.2) is 0 Å². The van der Waals surface area contributed by atoms with E-state index in [1.807, 2.05) is 51.1 Å². The Balaban J connectivity index is 2.49. The van der Waals surface area contributed by atoms with Gasteiger partial charge in [-0.15, -0.1) is 0 Å². The van der Waals surface area contributed by atoms with Crippen molar-refractivity contribution in [3.63, 3.8) is 0 Å². The van der Waals surface area contributed by atoms with E-state index in [0.29, 0.717) is 0 Å². The Morgan fingerprint density at radius 3 is 2.44 bits per heavy atom. The Labute approximate surface area is 108 Å². The SMILES string of the molecule is Cc1cc(N)cc(-c2ccccc2OC(C)C)c1. The van der Waals surface area contributed by atoms with E-state index in [2.05, 4.69) is 12.1 Å². The molecule has 0 unspecified atom stereocenters. The Bertz CT molecular complexity index is 526. The first-order valence-electron chi connectivity index (χ1n) is 6.19. The molecule has 0 atom stereocenters. The number of nitrogens with two attached hydrogens (primary N) is 1. The zero-order chi connectivity index (χ0) is 13.1. The fraction of sp³-hybridized carbons (Fsp3) is 0.250. The van der Waals surface area contributed by atoms with E-state index in [1.165, 1.54) is 0 Å². The average Bonchev–Trinajstić information content (AvgIpc) is 2.27. The van der Waals surface area contributed by atoms with Gasteiger partial charge in [0.1, 0.15) is 5.75 Å². The van der Waals surface area contributed by atoms with E-state index in [9.17, 15) is 0 Å². The summed E-state index contributed by atoms with van der Waals surface area (Å²) < 4.78 is 5.84. The molecule has 18 heavy (non-hydrogen) atoms. The molecule has 0 saturated carbocycles. The van der Waals surface area contributed by atoms with Crippen LogP contribution in [-0.4, -0.2) is 6.10 Å². The zero-order valence-corrected chi connectivity index (χ0v) is 11.1. The minimum Gasteiger partial charge on any atom is -0.490 e. The molecule has 94 valence electrons. The number of anilines is 1. The first-order valence-corrected chi connectivity index (χ1v) is 6.19. The number of rotatable bonds is 3. The maximum Gasteiger partial charge on any atom is 0.127 e. The fourth-order valence-electron chi connectivity index (χ4n) is 2.03. The van der Waals surface area contributed by atoms with Crippen LogP contribution in [0.4, 0.5) is 5.69 Å². The van der Waals surface area contributed by atoms with E-state index < -0.39 is 0 Å². The molecule has 2 nitrogen and oxygen atoms in total. The fourth-order valence-corrected chi connectivity index (χ4v) is 2.03. The molecule has 0 aromatic heterocycles. The topological polar surface area (TPSA) is 35.2 Å². The van der Waals surface area contributed by atoms with Crippen LogP contribution in [0, 0.1) is 6.92 Å². The molecule has 0 bridgehead atoms. The van der Waals surface area contributed by atoms with Gasteiger partial charge in [0.25, 0.3) is 0 Å². The van der Waals surface area contributed by atoms with E-state index in [4.69, 9.17) is 10.5 Å². The third kappa shape index (κ3) is 2.83. The lowest BCUT2D eigenvalue weighted by atomic mass is 10.0. The molecular weight excluding hydrogens is 222 g/mol. The Kier molecular flexibility index (Phi) is 3.56. The van der Waals surface area contributed by atoms with Gasteiger partial charge in [-0.25, -0.2) is 0 Å². The molecule has 0 aliphatic heterocycles. The van der Waals surface area contributed by atoms with Crippen molar-refractivity contribution < 1.29 is 4.74 Å². The zero-order valence-electron chi connectivity index (χ0n) is 11.1. The lowest BCUT2D eigenvalue weighted by Crippen LogP contribution is -2.06. The van der Waals surface area contributed by atoms with Crippen molar-refractivity contribution in [1.29, 1.82) is 0 Å². The van der Waals surface area contributed by atoms with Gasteiger partial charge in [-0.05, 0) is 50.1 Å². The molecule has 2 rings (SSSR count). The molecule has 0 heterocycles. The summed E-state index contributed by atoms with van der Waals surface area (Å²) >= 11 is 0. The normalized spacial score (nSPS) is 10.7. The summed E-state index contributed by atoms with van der Waals surface area (Å²) in [4.78, 5) is 0. The van der Waals surface area contributed by atoms with Crippen LogP contribution in [0.15, 0.2) is 42.5 Å². The molecule has 0 radical (unpaired) electrons. The van der Waals surface area contributed by atoms with E-state index >= 15 is 0 Å². The number of para-hydroxylation sites is 1. The van der Waals surface area contributed by atoms with Crippen LogP contribution >= 0.6 is 0 Å². The smallest absolute Gasteiger partial charge is 0.127 e. The van der Waals surface area contributed by atoms with Crippen molar-refractivity contribution in [2.75, 3.05) is 5.73 Å². The Morgan fingerprint density at radius 2 is 1.78 bits per heavy atom. The number of benzene rings is 2. The van der Waals surface area contributed by atoms with Gasteiger partial charge in [-0.2, -0.15) is 0 Å². The first kappa shape index (κ1) is 12.5. The Hall–Kier alpha value is -1.96. The average molecular weight is 241 g/mol. The highest BCUT2D eigenvalue weighted by Crippen LogP contribution is 2.32. The predicted molar refractivity (Wildman–Crippen MR) is 76.8 cm³/mol. The second-order valence-corrected chi connectivity index (χ2v) is 4.80. The van der Waals surface area contributed by atoms with Gasteiger partial charge < -0.3 is 10.5 Å². The lowest BCUT2D eigenvalue weighted by molar-refractivity contribution is 0.243. The van der Waals surface area contributed by atoms with Gasteiger partial charge in [0.2, 0.25) is 0 Å². The minimum absolute atomic E-state index is 0.160. The van der Waals surface area contributed by atoms with Crippen LogP contribution in [-0.2, 0) is 0 Å². The summed E-state index contributed by atoms with van der Waals surface area (Å²) in [6, 6.07) is 14.1. The summed E-state index contributed by atoms with van der Waals surface area (Å²) in [5.74, 6) is 0.900. The van der Waals surface area contributed by atoms with Gasteiger partial charge in [0.05, 0.1) is 6.10 Å². The van der Waals surface area contributed by atoms with Gasteiger partial charge >= 0.3 is 0 Å². The van der Waals surface area contributed by atoms with Crippen molar-refractivity contribution >= 4 is 5.69 Å². The molecular formula is C16H19NO. The predicted octanol–water partition coefficient (Wildman–Crippen LogP) is 4.03. The number of aryl methyl sites for hydroxylation is 1. The summed E-state index contributed by atoms with van der Waals surface area (Å²) in [6.45, 7) is 6.11. The van der Waals surface area contributed by atoms with Crippen LogP contribution in [0.1, 0.15) is 19.4 Å². The monoisotopic (exact) mass is 241 g/mol. The van der Waals surface area contributed by atoms with Crippen molar-refractivity contribution in [3.8, 4) is 16.9 Å². The number of hydrogen-bond acceptors (Lipinski definition) is 2. The van der Waals surface area contributed by atoms with Crippen LogP contribution in [0.25, 0.3) is 11.1 Å². The third-order valence-electron chi connectivity index (χ3n) is 2.66. The van der Waals surface area contributed by atoms with Crippen LogP contribution < -0.4 is 10.5 Å². The maximum absolute atomic E-state index is 5.91. The molecule has 0 amide bonds. The quantitative estimate of drug-likeness (QED) is 0.823. The second kappa shape index (κ2) is 5.13. The molecule has 2 aromatic rings. The Morgan fingerprint density at radius 1 is 1.06 bits per heavy atom. The molecule has 0 fully saturated rings. The van der Waals surface area contributed by atoms with Crippen LogP contribution in [0.2, 0.25) is 0 Å². The highest BCUT2D eigenvalue weighted by molar-refractivity contribution is 5.73. The minimum atomic E-state index is 0.160. The van der Waals surface area contributed by atoms with Crippen molar-refractivity contribution in [2.45, 2.75) is 26.9 Å². The number of nitrogen functional groups attached to an aromatic ring is 1. The van der Waals surface area contributed by atoms with E-state index in [1.54, 1.807) is 0 Å². The van der Waals surface area contributed by atoms with Crippen molar-refractivity contribution in [3.05, 3.63) is 48.0 Å². The molecule has 2 N–H and O–H groups in total. The molecule has 0 saturated heterocycles. The van der Waals surface area contributed by atoms with Gasteiger partial charge in [-0.1, -0.05) is 24.3 Å². The van der Waals surface area contributed by atoms with Gasteiger partial charge in [-0.3, -0.25) is 0 Å². The van der Waals surface area contributed by atoms with Gasteiger partial charge in [0, 0.05) is 11.3 Å². The largest absolute Gasteiger partial charge is 0.490 e. The third-order valence-corrected chi connectivity index (χ3v) is 2.66. The van der Waals surface area contributed by atoms with Crippen molar-refractivity contribution in [1.82, 2.24) is 0 Å². The second-order valence-electron chi connectivity index (χ2n) is 4.80. The molecule has 0 spiro atoms. The highest BCUT2D eigenvalue weighted by Gasteiger charge is 2.08. The number of hydrogen-bond donors (Lipinski definition) is 1. The molecule has 0 aliphatic carbocycles. The maximum atomic E-state index is 5.91. The number of ether oxygens (including phenoxy) is 1. The molecule has 2 heteroatoms. The molecule has 0 aliphatic rings. The summed E-state index contributed by atoms with van der Waals surface area (Å²) in [7, 11) is 0. The lowest BCUT2D eigenvalue weighted by Gasteiger charge is -2.15. The highest BCUT2D eigenvalue weighted by atomic mass is 16.5. The molecule has 2 aromatic carbocycles. The van der Waals surface area contributed by atoms with E-state index in [0.717, 1.165) is 28.1 Å². The van der Waals surface area contributed by atoms with E-state index in [-0.39, 0.29) is 6.10 Å². The van der Waals surface area contributed by atoms with Crippen LogP contribution in [0.3, 0.4) is 0 Å². The first-order chi connectivity index (χ1) is 8.56. The summed E-state index contributed by atoms with van der Waals surface area (Å²) in [6.07, 6.45) is 0.160. The summed E-state index contributed by atoms with van der Waals surface area (Å²) in [5, 5.41) is 0.